The number of benzene rings is 1. The van der Waals surface area contributed by atoms with Crippen LogP contribution in [0.5, 0.6) is 0 Å². The molecular weight excluding hydrogens is 264 g/mol. The van der Waals surface area contributed by atoms with Crippen LogP contribution in [-0.4, -0.2) is 10.9 Å². The number of anilines is 3. The fraction of sp³-hybridized carbons (Fsp3) is 0.188. The Morgan fingerprint density at radius 2 is 1.95 bits per heavy atom. The number of carbonyl (C=O) groups is 1. The molecule has 0 bridgehead atoms. The molecule has 0 fully saturated rings. The Morgan fingerprint density at radius 1 is 1.24 bits per heavy atom. The van der Waals surface area contributed by atoms with Gasteiger partial charge in [0.2, 0.25) is 5.91 Å². The van der Waals surface area contributed by atoms with Gasteiger partial charge >= 0.3 is 0 Å². The third-order valence-electron chi connectivity index (χ3n) is 2.90. The predicted molar refractivity (Wildman–Crippen MR) is 82.5 cm³/mol. The van der Waals surface area contributed by atoms with E-state index in [0.29, 0.717) is 17.1 Å². The van der Waals surface area contributed by atoms with Crippen LogP contribution < -0.4 is 10.6 Å². The van der Waals surface area contributed by atoms with Gasteiger partial charge in [-0.2, -0.15) is 5.26 Å². The molecule has 1 aromatic carbocycles. The van der Waals surface area contributed by atoms with E-state index in [1.807, 2.05) is 32.0 Å². The Bertz CT molecular complexity index is 732. The van der Waals surface area contributed by atoms with E-state index in [-0.39, 0.29) is 5.91 Å². The van der Waals surface area contributed by atoms with Crippen molar-refractivity contribution in [2.45, 2.75) is 20.8 Å². The van der Waals surface area contributed by atoms with Gasteiger partial charge in [-0.3, -0.25) is 4.79 Å². The lowest BCUT2D eigenvalue weighted by molar-refractivity contribution is -0.114. The minimum atomic E-state index is -0.130. The zero-order valence-corrected chi connectivity index (χ0v) is 12.2. The van der Waals surface area contributed by atoms with Crippen LogP contribution in [0.15, 0.2) is 30.3 Å². The number of pyridine rings is 1. The van der Waals surface area contributed by atoms with Gasteiger partial charge in [0.25, 0.3) is 0 Å². The molecule has 0 aliphatic rings. The van der Waals surface area contributed by atoms with Crippen molar-refractivity contribution in [3.8, 4) is 6.07 Å². The van der Waals surface area contributed by atoms with Gasteiger partial charge in [0.1, 0.15) is 11.9 Å². The molecule has 1 aromatic heterocycles. The van der Waals surface area contributed by atoms with E-state index in [9.17, 15) is 10.1 Å². The number of rotatable bonds is 3. The van der Waals surface area contributed by atoms with Gasteiger partial charge in [-0.1, -0.05) is 6.07 Å². The number of aryl methyl sites for hydroxylation is 2. The maximum atomic E-state index is 11.1. The third-order valence-corrected chi connectivity index (χ3v) is 2.90. The zero-order chi connectivity index (χ0) is 15.4. The molecule has 2 N–H and O–H groups in total. The molecule has 2 rings (SSSR count). The minimum Gasteiger partial charge on any atom is -0.339 e. The Kier molecular flexibility index (Phi) is 4.19. The third kappa shape index (κ3) is 3.57. The van der Waals surface area contributed by atoms with Crippen LogP contribution in [0.3, 0.4) is 0 Å². The first kappa shape index (κ1) is 14.5. The number of aromatic nitrogens is 1. The van der Waals surface area contributed by atoms with Gasteiger partial charge in [-0.25, -0.2) is 4.98 Å². The molecule has 5 nitrogen and oxygen atoms in total. The van der Waals surface area contributed by atoms with Crippen molar-refractivity contribution >= 4 is 23.1 Å². The van der Waals surface area contributed by atoms with E-state index in [4.69, 9.17) is 0 Å². The predicted octanol–water partition coefficient (Wildman–Crippen LogP) is 3.27. The number of hydrogen-bond acceptors (Lipinski definition) is 4. The van der Waals surface area contributed by atoms with Crippen LogP contribution in [0.4, 0.5) is 17.2 Å². The van der Waals surface area contributed by atoms with Crippen LogP contribution in [-0.2, 0) is 4.79 Å². The first-order valence-corrected chi connectivity index (χ1v) is 6.52. The monoisotopic (exact) mass is 280 g/mol. The van der Waals surface area contributed by atoms with Crippen molar-refractivity contribution in [2.75, 3.05) is 10.6 Å². The second-order valence-corrected chi connectivity index (χ2v) is 4.80. The molecular formula is C16H16N4O. The van der Waals surface area contributed by atoms with E-state index in [1.54, 1.807) is 12.1 Å². The number of nitriles is 1. The number of nitrogens with one attached hydrogen (secondary N) is 2. The molecule has 0 saturated carbocycles. The highest BCUT2D eigenvalue weighted by atomic mass is 16.1. The van der Waals surface area contributed by atoms with E-state index in [2.05, 4.69) is 21.7 Å². The molecule has 0 aliphatic heterocycles. The molecule has 0 atom stereocenters. The van der Waals surface area contributed by atoms with Gasteiger partial charge in [0, 0.05) is 24.0 Å². The minimum absolute atomic E-state index is 0.130. The Labute approximate surface area is 123 Å². The van der Waals surface area contributed by atoms with Crippen LogP contribution in [0.1, 0.15) is 23.7 Å². The summed E-state index contributed by atoms with van der Waals surface area (Å²) in [5.41, 5.74) is 3.69. The van der Waals surface area contributed by atoms with E-state index in [1.165, 1.54) is 6.92 Å². The molecule has 106 valence electrons. The highest BCUT2D eigenvalue weighted by molar-refractivity contribution is 5.89. The molecule has 0 unspecified atom stereocenters. The number of carbonyl (C=O) groups excluding carboxylic acids is 1. The van der Waals surface area contributed by atoms with Crippen molar-refractivity contribution in [1.82, 2.24) is 4.98 Å². The van der Waals surface area contributed by atoms with Crippen LogP contribution in [0.2, 0.25) is 0 Å². The first-order chi connectivity index (χ1) is 9.99. The number of hydrogen-bond donors (Lipinski definition) is 2. The molecule has 2 aromatic rings. The van der Waals surface area contributed by atoms with Gasteiger partial charge in [0.15, 0.2) is 0 Å². The van der Waals surface area contributed by atoms with Crippen LogP contribution in [0, 0.1) is 25.2 Å². The summed E-state index contributed by atoms with van der Waals surface area (Å²) in [4.78, 5) is 15.5. The van der Waals surface area contributed by atoms with Crippen molar-refractivity contribution in [3.05, 3.63) is 47.2 Å². The highest BCUT2D eigenvalue weighted by Crippen LogP contribution is 2.23. The maximum Gasteiger partial charge on any atom is 0.221 e. The summed E-state index contributed by atoms with van der Waals surface area (Å²) in [6, 6.07) is 11.3. The van der Waals surface area contributed by atoms with Crippen molar-refractivity contribution < 1.29 is 4.79 Å². The highest BCUT2D eigenvalue weighted by Gasteiger charge is 2.09. The van der Waals surface area contributed by atoms with E-state index >= 15 is 0 Å². The molecule has 5 heteroatoms. The normalized spacial score (nSPS) is 9.81. The fourth-order valence-electron chi connectivity index (χ4n) is 2.08. The molecule has 0 spiro atoms. The topological polar surface area (TPSA) is 77.8 Å². The van der Waals surface area contributed by atoms with Gasteiger partial charge in [-0.05, 0) is 43.7 Å². The summed E-state index contributed by atoms with van der Waals surface area (Å²) in [6.07, 6.45) is 0. The average molecular weight is 280 g/mol. The summed E-state index contributed by atoms with van der Waals surface area (Å²) in [7, 11) is 0. The van der Waals surface area contributed by atoms with Crippen molar-refractivity contribution in [3.63, 3.8) is 0 Å². The Hall–Kier alpha value is -2.87. The van der Waals surface area contributed by atoms with Gasteiger partial charge < -0.3 is 10.6 Å². The summed E-state index contributed by atoms with van der Waals surface area (Å²) in [6.45, 7) is 5.22. The average Bonchev–Trinajstić information content (AvgIpc) is 2.37. The maximum absolute atomic E-state index is 11.1. The second kappa shape index (κ2) is 6.06. The van der Waals surface area contributed by atoms with Gasteiger partial charge in [0.05, 0.1) is 5.56 Å². The molecule has 0 aliphatic carbocycles. The lowest BCUT2D eigenvalue weighted by atomic mass is 10.1. The second-order valence-electron chi connectivity index (χ2n) is 4.80. The molecule has 1 heterocycles. The fourth-order valence-corrected chi connectivity index (χ4v) is 2.08. The largest absolute Gasteiger partial charge is 0.339 e. The summed E-state index contributed by atoms with van der Waals surface area (Å²) < 4.78 is 0. The summed E-state index contributed by atoms with van der Waals surface area (Å²) in [5.74, 6) is 0.393. The van der Waals surface area contributed by atoms with Crippen LogP contribution >= 0.6 is 0 Å². The van der Waals surface area contributed by atoms with E-state index < -0.39 is 0 Å². The standard InChI is InChI=1S/C16H16N4O/c1-10-7-11(2)18-16(15(10)9-17)20-14-6-4-5-13(8-14)19-12(3)21/h4-8H,1-3H3,(H,18,20)(H,19,21). The molecule has 0 saturated heterocycles. The van der Waals surface area contributed by atoms with Crippen molar-refractivity contribution in [1.29, 1.82) is 5.26 Å². The quantitative estimate of drug-likeness (QED) is 0.904. The molecule has 1 amide bonds. The lowest BCUT2D eigenvalue weighted by Crippen LogP contribution is -2.06. The summed E-state index contributed by atoms with van der Waals surface area (Å²) in [5, 5.41) is 15.1. The molecule has 21 heavy (non-hydrogen) atoms. The smallest absolute Gasteiger partial charge is 0.221 e. The first-order valence-electron chi connectivity index (χ1n) is 6.52. The van der Waals surface area contributed by atoms with Crippen molar-refractivity contribution in [2.24, 2.45) is 0 Å². The van der Waals surface area contributed by atoms with Gasteiger partial charge in [-0.15, -0.1) is 0 Å². The Balaban J connectivity index is 2.34. The van der Waals surface area contributed by atoms with Crippen LogP contribution in [0.25, 0.3) is 0 Å². The number of amides is 1. The summed E-state index contributed by atoms with van der Waals surface area (Å²) >= 11 is 0. The Morgan fingerprint density at radius 3 is 2.62 bits per heavy atom. The zero-order valence-electron chi connectivity index (χ0n) is 12.2. The van der Waals surface area contributed by atoms with E-state index in [0.717, 1.165) is 16.9 Å². The SMILES string of the molecule is CC(=O)Nc1cccc(Nc2nc(C)cc(C)c2C#N)c1. The molecule has 0 radical (unpaired) electrons. The number of nitrogens with zero attached hydrogens (tertiary/aromatic N) is 2. The lowest BCUT2D eigenvalue weighted by Gasteiger charge is -2.11.